The van der Waals surface area contributed by atoms with Gasteiger partial charge in [-0.25, -0.2) is 4.39 Å². The predicted octanol–water partition coefficient (Wildman–Crippen LogP) is 3.79. The number of methoxy groups -OCH3 is 2. The molecule has 1 N–H and O–H groups in total. The zero-order chi connectivity index (χ0) is 15.2. The van der Waals surface area contributed by atoms with Crippen molar-refractivity contribution < 1.29 is 13.9 Å². The minimum atomic E-state index is -0.219. The molecule has 21 heavy (non-hydrogen) atoms. The van der Waals surface area contributed by atoms with Crippen molar-refractivity contribution in [2.24, 2.45) is 0 Å². The smallest absolute Gasteiger partial charge is 0.162 e. The molecule has 3 nitrogen and oxygen atoms in total. The molecule has 0 fully saturated rings. The number of hydrogen-bond acceptors (Lipinski definition) is 3. The molecular formula is C16H17ClFNO2. The van der Waals surface area contributed by atoms with Gasteiger partial charge in [0.2, 0.25) is 0 Å². The minimum absolute atomic E-state index is 0.219. The van der Waals surface area contributed by atoms with Gasteiger partial charge >= 0.3 is 0 Å². The summed E-state index contributed by atoms with van der Waals surface area (Å²) in [6.45, 7) is 0.935. The largest absolute Gasteiger partial charge is 0.493 e. The zero-order valence-corrected chi connectivity index (χ0v) is 12.7. The van der Waals surface area contributed by atoms with Gasteiger partial charge in [-0.15, -0.1) is 0 Å². The topological polar surface area (TPSA) is 30.5 Å². The second kappa shape index (κ2) is 7.29. The maximum Gasteiger partial charge on any atom is 0.162 e. The highest BCUT2D eigenvalue weighted by Crippen LogP contribution is 2.33. The predicted molar refractivity (Wildman–Crippen MR) is 81.5 cm³/mol. The maximum absolute atomic E-state index is 13.5. The quantitative estimate of drug-likeness (QED) is 0.880. The Labute approximate surface area is 128 Å². The van der Waals surface area contributed by atoms with Gasteiger partial charge in [0.15, 0.2) is 11.5 Å². The molecule has 2 rings (SSSR count). The van der Waals surface area contributed by atoms with Gasteiger partial charge in [0.25, 0.3) is 0 Å². The average Bonchev–Trinajstić information content (AvgIpc) is 2.50. The molecule has 0 radical (unpaired) electrons. The maximum atomic E-state index is 13.5. The summed E-state index contributed by atoms with van der Waals surface area (Å²) in [5, 5.41) is 3.75. The van der Waals surface area contributed by atoms with E-state index in [0.717, 1.165) is 5.56 Å². The van der Waals surface area contributed by atoms with Crippen LogP contribution < -0.4 is 14.8 Å². The van der Waals surface area contributed by atoms with Crippen molar-refractivity contribution in [2.75, 3.05) is 14.2 Å². The molecular weight excluding hydrogens is 293 g/mol. The first-order chi connectivity index (χ1) is 10.2. The van der Waals surface area contributed by atoms with Gasteiger partial charge in [0.05, 0.1) is 14.2 Å². The highest BCUT2D eigenvalue weighted by Gasteiger charge is 2.10. The van der Waals surface area contributed by atoms with Crippen LogP contribution in [0.2, 0.25) is 5.02 Å². The summed E-state index contributed by atoms with van der Waals surface area (Å²) in [7, 11) is 3.13. The number of nitrogens with one attached hydrogen (secondary N) is 1. The van der Waals surface area contributed by atoms with Crippen molar-refractivity contribution in [3.8, 4) is 11.5 Å². The fourth-order valence-electron chi connectivity index (χ4n) is 2.01. The van der Waals surface area contributed by atoms with Crippen LogP contribution >= 0.6 is 11.6 Å². The molecule has 2 aromatic rings. The van der Waals surface area contributed by atoms with Crippen LogP contribution in [0.25, 0.3) is 0 Å². The monoisotopic (exact) mass is 309 g/mol. The van der Waals surface area contributed by atoms with E-state index in [2.05, 4.69) is 5.32 Å². The first-order valence-electron chi connectivity index (χ1n) is 6.50. The standard InChI is InChI=1S/C16H17ClFNO2/c1-20-15-7-12(13(17)8-16(15)21-2)10-19-9-11-5-3-4-6-14(11)18/h3-8,19H,9-10H2,1-2H3. The number of benzene rings is 2. The summed E-state index contributed by atoms with van der Waals surface area (Å²) in [6.07, 6.45) is 0. The molecule has 5 heteroatoms. The average molecular weight is 310 g/mol. The van der Waals surface area contributed by atoms with Gasteiger partial charge in [0, 0.05) is 29.7 Å². The molecule has 0 saturated carbocycles. The lowest BCUT2D eigenvalue weighted by molar-refractivity contribution is 0.354. The molecule has 112 valence electrons. The van der Waals surface area contributed by atoms with Gasteiger partial charge in [0.1, 0.15) is 5.82 Å². The van der Waals surface area contributed by atoms with Crippen LogP contribution in [-0.4, -0.2) is 14.2 Å². The van der Waals surface area contributed by atoms with Crippen LogP contribution in [0.1, 0.15) is 11.1 Å². The molecule has 0 unspecified atom stereocenters. The van der Waals surface area contributed by atoms with Crippen molar-refractivity contribution >= 4 is 11.6 Å². The van der Waals surface area contributed by atoms with E-state index in [-0.39, 0.29) is 5.82 Å². The highest BCUT2D eigenvalue weighted by molar-refractivity contribution is 6.31. The summed E-state index contributed by atoms with van der Waals surface area (Å²) in [5.41, 5.74) is 1.49. The molecule has 0 heterocycles. The lowest BCUT2D eigenvalue weighted by atomic mass is 10.1. The van der Waals surface area contributed by atoms with E-state index in [9.17, 15) is 4.39 Å². The first kappa shape index (κ1) is 15.6. The molecule has 2 aromatic carbocycles. The number of halogens is 2. The van der Waals surface area contributed by atoms with E-state index in [4.69, 9.17) is 21.1 Å². The fourth-order valence-corrected chi connectivity index (χ4v) is 2.23. The normalized spacial score (nSPS) is 10.5. The highest BCUT2D eigenvalue weighted by atomic mass is 35.5. The Morgan fingerprint density at radius 1 is 1.00 bits per heavy atom. The Hall–Kier alpha value is -1.78. The Morgan fingerprint density at radius 2 is 1.62 bits per heavy atom. The first-order valence-corrected chi connectivity index (χ1v) is 6.88. The molecule has 0 aliphatic rings. The third-order valence-corrected chi connectivity index (χ3v) is 3.49. The Morgan fingerprint density at radius 3 is 2.29 bits per heavy atom. The molecule has 0 aliphatic heterocycles. The molecule has 0 aliphatic carbocycles. The van der Waals surface area contributed by atoms with Gasteiger partial charge in [-0.1, -0.05) is 29.8 Å². The molecule has 0 bridgehead atoms. The van der Waals surface area contributed by atoms with E-state index < -0.39 is 0 Å². The van der Waals surface area contributed by atoms with Gasteiger partial charge in [-0.3, -0.25) is 0 Å². The van der Waals surface area contributed by atoms with Crippen LogP contribution in [-0.2, 0) is 13.1 Å². The van der Waals surface area contributed by atoms with Gasteiger partial charge in [-0.2, -0.15) is 0 Å². The van der Waals surface area contributed by atoms with Crippen molar-refractivity contribution in [1.82, 2.24) is 5.32 Å². The van der Waals surface area contributed by atoms with E-state index in [1.54, 1.807) is 32.4 Å². The van der Waals surface area contributed by atoms with Crippen LogP contribution in [0.4, 0.5) is 4.39 Å². The number of ether oxygens (including phenoxy) is 2. The van der Waals surface area contributed by atoms with E-state index in [0.29, 0.717) is 35.2 Å². The van der Waals surface area contributed by atoms with E-state index in [1.807, 2.05) is 12.1 Å². The molecule has 0 saturated heterocycles. The summed E-state index contributed by atoms with van der Waals surface area (Å²) in [5.74, 6) is 0.980. The number of rotatable bonds is 6. The minimum Gasteiger partial charge on any atom is -0.493 e. The summed E-state index contributed by atoms with van der Waals surface area (Å²) >= 11 is 6.20. The van der Waals surface area contributed by atoms with Crippen LogP contribution in [0, 0.1) is 5.82 Å². The van der Waals surface area contributed by atoms with Crippen molar-refractivity contribution in [3.63, 3.8) is 0 Å². The van der Waals surface area contributed by atoms with Crippen molar-refractivity contribution in [3.05, 3.63) is 58.4 Å². The SMILES string of the molecule is COc1cc(Cl)c(CNCc2ccccc2F)cc1OC. The third kappa shape index (κ3) is 3.86. The summed E-state index contributed by atoms with van der Waals surface area (Å²) in [6, 6.07) is 10.2. The lowest BCUT2D eigenvalue weighted by Gasteiger charge is -2.12. The van der Waals surface area contributed by atoms with E-state index >= 15 is 0 Å². The second-order valence-corrected chi connectivity index (χ2v) is 4.90. The Kier molecular flexibility index (Phi) is 5.42. The number of hydrogen-bond donors (Lipinski definition) is 1. The molecule has 0 aromatic heterocycles. The second-order valence-electron chi connectivity index (χ2n) is 4.49. The Balaban J connectivity index is 2.05. The Bertz CT molecular complexity index is 619. The lowest BCUT2D eigenvalue weighted by Crippen LogP contribution is -2.14. The third-order valence-electron chi connectivity index (χ3n) is 3.14. The van der Waals surface area contributed by atoms with Gasteiger partial charge < -0.3 is 14.8 Å². The summed E-state index contributed by atoms with van der Waals surface area (Å²) in [4.78, 5) is 0. The van der Waals surface area contributed by atoms with Gasteiger partial charge in [-0.05, 0) is 17.7 Å². The zero-order valence-electron chi connectivity index (χ0n) is 12.0. The van der Waals surface area contributed by atoms with E-state index in [1.165, 1.54) is 6.07 Å². The molecule has 0 amide bonds. The summed E-state index contributed by atoms with van der Waals surface area (Å²) < 4.78 is 23.9. The van der Waals surface area contributed by atoms with Crippen LogP contribution in [0.5, 0.6) is 11.5 Å². The fraction of sp³-hybridized carbons (Fsp3) is 0.250. The molecule has 0 atom stereocenters. The van der Waals surface area contributed by atoms with Crippen LogP contribution in [0.15, 0.2) is 36.4 Å². The van der Waals surface area contributed by atoms with Crippen molar-refractivity contribution in [1.29, 1.82) is 0 Å². The molecule has 0 spiro atoms. The van der Waals surface area contributed by atoms with Crippen LogP contribution in [0.3, 0.4) is 0 Å². The van der Waals surface area contributed by atoms with Crippen molar-refractivity contribution in [2.45, 2.75) is 13.1 Å².